The van der Waals surface area contributed by atoms with Gasteiger partial charge in [0, 0.05) is 17.5 Å². The summed E-state index contributed by atoms with van der Waals surface area (Å²) in [4.78, 5) is 27.2. The van der Waals surface area contributed by atoms with Crippen LogP contribution in [-0.2, 0) is 4.79 Å². The van der Waals surface area contributed by atoms with Crippen LogP contribution in [0.4, 0.5) is 5.82 Å². The third-order valence-electron chi connectivity index (χ3n) is 6.01. The number of carbonyl (C=O) groups excluding carboxylic acids is 2. The van der Waals surface area contributed by atoms with E-state index in [1.54, 1.807) is 6.20 Å². The van der Waals surface area contributed by atoms with E-state index in [1.165, 1.54) is 12.8 Å². The predicted molar refractivity (Wildman–Crippen MR) is 108 cm³/mol. The molecule has 0 spiro atoms. The van der Waals surface area contributed by atoms with Crippen molar-refractivity contribution in [1.82, 2.24) is 14.7 Å². The first-order chi connectivity index (χ1) is 13.6. The fraction of sp³-hybridized carbons (Fsp3) is 0.500. The Kier molecular flexibility index (Phi) is 5.57. The number of nitrogens with one attached hydrogen (secondary N) is 1. The molecule has 1 saturated carbocycles. The summed E-state index contributed by atoms with van der Waals surface area (Å²) >= 11 is 0. The molecule has 6 nitrogen and oxygen atoms in total. The lowest BCUT2D eigenvalue weighted by molar-refractivity contribution is -0.117. The molecule has 148 valence electrons. The molecule has 4 rings (SSSR count). The van der Waals surface area contributed by atoms with E-state index >= 15 is 0 Å². The summed E-state index contributed by atoms with van der Waals surface area (Å²) in [6.07, 6.45) is 5.83. The lowest BCUT2D eigenvalue weighted by atomic mass is 9.89. The Bertz CT molecular complexity index is 820. The molecule has 0 bridgehead atoms. The van der Waals surface area contributed by atoms with E-state index in [1.807, 2.05) is 41.1 Å². The van der Waals surface area contributed by atoms with Gasteiger partial charge in [0.1, 0.15) is 5.82 Å². The van der Waals surface area contributed by atoms with Gasteiger partial charge in [-0.15, -0.1) is 0 Å². The van der Waals surface area contributed by atoms with Gasteiger partial charge in [-0.2, -0.15) is 5.10 Å². The number of amides is 1. The predicted octanol–water partition coefficient (Wildman–Crippen LogP) is 3.39. The summed E-state index contributed by atoms with van der Waals surface area (Å²) in [6, 6.07) is 11.7. The van der Waals surface area contributed by atoms with Gasteiger partial charge in [-0.05, 0) is 51.6 Å². The van der Waals surface area contributed by atoms with Crippen molar-refractivity contribution < 1.29 is 9.59 Å². The highest BCUT2D eigenvalue weighted by molar-refractivity contribution is 5.98. The molecule has 1 saturated heterocycles. The molecule has 1 aromatic carbocycles. The summed E-state index contributed by atoms with van der Waals surface area (Å²) in [5, 5.41) is 7.40. The van der Waals surface area contributed by atoms with Crippen LogP contribution in [-0.4, -0.2) is 46.0 Å². The SMILES string of the molecule is CC(C1CC1)n1nccc1NC(=O)CN1CCC(C(=O)c2ccccc2)CC1. The second kappa shape index (κ2) is 8.27. The molecule has 1 N–H and O–H groups in total. The molecule has 1 aliphatic carbocycles. The third-order valence-corrected chi connectivity index (χ3v) is 6.01. The van der Waals surface area contributed by atoms with Gasteiger partial charge < -0.3 is 5.32 Å². The smallest absolute Gasteiger partial charge is 0.239 e. The molecule has 2 aromatic rings. The van der Waals surface area contributed by atoms with Crippen molar-refractivity contribution >= 4 is 17.5 Å². The number of Topliss-reactive ketones (excluding diaryl/α,β-unsaturated/α-hetero) is 1. The summed E-state index contributed by atoms with van der Waals surface area (Å²) in [6.45, 7) is 4.06. The quantitative estimate of drug-likeness (QED) is 0.748. The number of anilines is 1. The molecule has 1 aliphatic heterocycles. The first-order valence-corrected chi connectivity index (χ1v) is 10.3. The van der Waals surface area contributed by atoms with Crippen molar-refractivity contribution in [2.45, 2.75) is 38.6 Å². The first-order valence-electron chi connectivity index (χ1n) is 10.3. The van der Waals surface area contributed by atoms with E-state index in [9.17, 15) is 9.59 Å². The van der Waals surface area contributed by atoms with E-state index in [2.05, 4.69) is 22.2 Å². The molecular formula is C22H28N4O2. The highest BCUT2D eigenvalue weighted by Crippen LogP contribution is 2.40. The van der Waals surface area contributed by atoms with E-state index in [4.69, 9.17) is 0 Å². The molecule has 28 heavy (non-hydrogen) atoms. The number of aromatic nitrogens is 2. The minimum absolute atomic E-state index is 0.0161. The van der Waals surface area contributed by atoms with Gasteiger partial charge in [-0.3, -0.25) is 14.5 Å². The normalized spacial score (nSPS) is 19.3. The number of rotatable bonds is 7. The number of hydrogen-bond donors (Lipinski definition) is 1. The summed E-state index contributed by atoms with van der Waals surface area (Å²) in [5.41, 5.74) is 0.789. The molecule has 1 aromatic heterocycles. The molecule has 0 radical (unpaired) electrons. The molecule has 6 heteroatoms. The Morgan fingerprint density at radius 3 is 2.50 bits per heavy atom. The Morgan fingerprint density at radius 2 is 1.82 bits per heavy atom. The van der Waals surface area contributed by atoms with Crippen molar-refractivity contribution in [1.29, 1.82) is 0 Å². The maximum atomic E-state index is 12.6. The van der Waals surface area contributed by atoms with Gasteiger partial charge in [0.15, 0.2) is 5.78 Å². The van der Waals surface area contributed by atoms with Crippen LogP contribution in [0.15, 0.2) is 42.6 Å². The summed E-state index contributed by atoms with van der Waals surface area (Å²) in [5.74, 6) is 1.72. The van der Waals surface area contributed by atoms with Crippen LogP contribution in [0.25, 0.3) is 0 Å². The van der Waals surface area contributed by atoms with Gasteiger partial charge >= 0.3 is 0 Å². The highest BCUT2D eigenvalue weighted by atomic mass is 16.2. The van der Waals surface area contributed by atoms with E-state index in [0.29, 0.717) is 18.5 Å². The molecule has 2 heterocycles. The Morgan fingerprint density at radius 1 is 1.11 bits per heavy atom. The maximum absolute atomic E-state index is 12.6. The van der Waals surface area contributed by atoms with Gasteiger partial charge in [0.2, 0.25) is 5.91 Å². The Hall–Kier alpha value is -2.47. The molecular weight excluding hydrogens is 352 g/mol. The topological polar surface area (TPSA) is 67.2 Å². The minimum Gasteiger partial charge on any atom is -0.310 e. The third kappa shape index (κ3) is 4.33. The number of hydrogen-bond acceptors (Lipinski definition) is 4. The van der Waals surface area contributed by atoms with Crippen LogP contribution in [0, 0.1) is 11.8 Å². The van der Waals surface area contributed by atoms with Crippen LogP contribution >= 0.6 is 0 Å². The van der Waals surface area contributed by atoms with Crippen molar-refractivity contribution in [3.8, 4) is 0 Å². The van der Waals surface area contributed by atoms with Gasteiger partial charge in [-0.1, -0.05) is 30.3 Å². The average molecular weight is 380 g/mol. The van der Waals surface area contributed by atoms with E-state index < -0.39 is 0 Å². The summed E-state index contributed by atoms with van der Waals surface area (Å²) in [7, 11) is 0. The molecule has 1 amide bonds. The zero-order valence-electron chi connectivity index (χ0n) is 16.4. The number of likely N-dealkylation sites (tertiary alicyclic amines) is 1. The van der Waals surface area contributed by atoms with Gasteiger partial charge in [0.05, 0.1) is 18.8 Å². The number of nitrogens with zero attached hydrogens (tertiary/aromatic N) is 3. The lowest BCUT2D eigenvalue weighted by Crippen LogP contribution is -2.41. The zero-order valence-corrected chi connectivity index (χ0v) is 16.4. The van der Waals surface area contributed by atoms with E-state index in [0.717, 1.165) is 37.3 Å². The average Bonchev–Trinajstić information content (AvgIpc) is 3.47. The van der Waals surface area contributed by atoms with Crippen molar-refractivity contribution in [2.75, 3.05) is 25.0 Å². The van der Waals surface area contributed by atoms with Crippen LogP contribution < -0.4 is 5.32 Å². The van der Waals surface area contributed by atoms with Crippen molar-refractivity contribution in [3.05, 3.63) is 48.2 Å². The second-order valence-corrected chi connectivity index (χ2v) is 8.07. The van der Waals surface area contributed by atoms with Crippen LogP contribution in [0.1, 0.15) is 49.0 Å². The number of ketones is 1. The van der Waals surface area contributed by atoms with Crippen molar-refractivity contribution in [3.63, 3.8) is 0 Å². The van der Waals surface area contributed by atoms with Crippen LogP contribution in [0.5, 0.6) is 0 Å². The fourth-order valence-electron chi connectivity index (χ4n) is 4.09. The standard InChI is InChI=1S/C22H28N4O2/c1-16(17-7-8-17)26-20(9-12-23-26)24-21(27)15-25-13-10-19(11-14-25)22(28)18-5-3-2-4-6-18/h2-6,9,12,16-17,19H,7-8,10-11,13-15H2,1H3,(H,24,27). The van der Waals surface area contributed by atoms with Crippen LogP contribution in [0.3, 0.4) is 0 Å². The summed E-state index contributed by atoms with van der Waals surface area (Å²) < 4.78 is 1.93. The largest absolute Gasteiger partial charge is 0.310 e. The monoisotopic (exact) mass is 380 g/mol. The second-order valence-electron chi connectivity index (χ2n) is 8.07. The molecule has 1 atom stereocenters. The maximum Gasteiger partial charge on any atom is 0.239 e. The Balaban J connectivity index is 1.26. The number of carbonyl (C=O) groups is 2. The lowest BCUT2D eigenvalue weighted by Gasteiger charge is -2.30. The molecule has 2 aliphatic rings. The minimum atomic E-state index is -0.0161. The number of piperidine rings is 1. The molecule has 1 unspecified atom stereocenters. The molecule has 2 fully saturated rings. The van der Waals surface area contributed by atoms with E-state index in [-0.39, 0.29) is 17.6 Å². The zero-order chi connectivity index (χ0) is 19.5. The van der Waals surface area contributed by atoms with Crippen molar-refractivity contribution in [2.24, 2.45) is 11.8 Å². The van der Waals surface area contributed by atoms with Gasteiger partial charge in [-0.25, -0.2) is 4.68 Å². The fourth-order valence-corrected chi connectivity index (χ4v) is 4.09. The number of benzene rings is 1. The van der Waals surface area contributed by atoms with Gasteiger partial charge in [0.25, 0.3) is 0 Å². The Labute approximate surface area is 165 Å². The van der Waals surface area contributed by atoms with Crippen LogP contribution in [0.2, 0.25) is 0 Å². The first kappa shape index (κ1) is 18.9. The highest BCUT2D eigenvalue weighted by Gasteiger charge is 2.31.